The van der Waals surface area contributed by atoms with Crippen LogP contribution < -0.4 is 0 Å². The van der Waals surface area contributed by atoms with Gasteiger partial charge in [-0.15, -0.1) is 0 Å². The molecule has 0 amide bonds. The summed E-state index contributed by atoms with van der Waals surface area (Å²) in [6.45, 7) is 1.71. The van der Waals surface area contributed by atoms with Crippen LogP contribution in [0.15, 0.2) is 23.2 Å². The summed E-state index contributed by atoms with van der Waals surface area (Å²) in [5, 5.41) is 18.0. The van der Waals surface area contributed by atoms with Crippen LogP contribution in [0.2, 0.25) is 0 Å². The van der Waals surface area contributed by atoms with Crippen LogP contribution in [0.1, 0.15) is 19.8 Å². The Hall–Kier alpha value is -0.920. The van der Waals surface area contributed by atoms with Gasteiger partial charge in [0.05, 0.1) is 5.76 Å². The quantitative estimate of drug-likeness (QED) is 0.521. The van der Waals surface area contributed by atoms with Crippen molar-refractivity contribution in [3.05, 3.63) is 23.2 Å². The predicted molar refractivity (Wildman–Crippen MR) is 35.3 cm³/mol. The molecule has 1 aliphatic carbocycles. The Balaban J connectivity index is 2.88. The van der Waals surface area contributed by atoms with Crippen LogP contribution in [0, 0.1) is 0 Å². The topological polar surface area (TPSA) is 40.5 Å². The zero-order valence-corrected chi connectivity index (χ0v) is 5.39. The number of hydrogen-bond donors (Lipinski definition) is 2. The van der Waals surface area contributed by atoms with E-state index in [1.165, 1.54) is 0 Å². The number of allylic oxidation sites excluding steroid dienone is 3. The van der Waals surface area contributed by atoms with Gasteiger partial charge in [0.25, 0.3) is 0 Å². The van der Waals surface area contributed by atoms with Gasteiger partial charge >= 0.3 is 0 Å². The molecule has 0 saturated carbocycles. The summed E-state index contributed by atoms with van der Waals surface area (Å²) in [5.41, 5.74) is 0.612. The molecule has 9 heavy (non-hydrogen) atoms. The Morgan fingerprint density at radius 3 is 2.56 bits per heavy atom. The molecule has 0 aromatic rings. The molecule has 1 rings (SSSR count). The van der Waals surface area contributed by atoms with Crippen molar-refractivity contribution in [3.8, 4) is 0 Å². The van der Waals surface area contributed by atoms with Crippen molar-refractivity contribution in [3.63, 3.8) is 0 Å². The first-order chi connectivity index (χ1) is 4.22. The Kier molecular flexibility index (Phi) is 1.47. The third-order valence-corrected chi connectivity index (χ3v) is 1.54. The van der Waals surface area contributed by atoms with Crippen molar-refractivity contribution in [1.29, 1.82) is 0 Å². The van der Waals surface area contributed by atoms with Crippen LogP contribution in [0.5, 0.6) is 0 Å². The molecule has 2 N–H and O–H groups in total. The summed E-state index contributed by atoms with van der Waals surface area (Å²) >= 11 is 0. The summed E-state index contributed by atoms with van der Waals surface area (Å²) < 4.78 is 0. The van der Waals surface area contributed by atoms with Gasteiger partial charge in [-0.3, -0.25) is 0 Å². The summed E-state index contributed by atoms with van der Waals surface area (Å²) in [6.07, 6.45) is 3.12. The Morgan fingerprint density at radius 1 is 1.44 bits per heavy atom. The van der Waals surface area contributed by atoms with E-state index < -0.39 is 0 Å². The standard InChI is InChI=1S/C7H10O2/c1-5-6(8)3-2-4-7(5)9/h3,8-9H,2,4H2,1H3. The number of hydrogen-bond acceptors (Lipinski definition) is 2. The molecular formula is C7H10O2. The second-order valence-electron chi connectivity index (χ2n) is 2.20. The van der Waals surface area contributed by atoms with E-state index in [4.69, 9.17) is 10.2 Å². The molecule has 0 radical (unpaired) electrons. The zero-order chi connectivity index (χ0) is 6.85. The second kappa shape index (κ2) is 2.13. The number of rotatable bonds is 0. The van der Waals surface area contributed by atoms with Gasteiger partial charge in [0.2, 0.25) is 0 Å². The van der Waals surface area contributed by atoms with E-state index in [0.717, 1.165) is 6.42 Å². The summed E-state index contributed by atoms with van der Waals surface area (Å²) in [4.78, 5) is 0. The lowest BCUT2D eigenvalue weighted by molar-refractivity contribution is 0.352. The molecule has 0 atom stereocenters. The fraction of sp³-hybridized carbons (Fsp3) is 0.429. The van der Waals surface area contributed by atoms with E-state index >= 15 is 0 Å². The highest BCUT2D eigenvalue weighted by Gasteiger charge is 2.08. The molecule has 0 unspecified atom stereocenters. The first-order valence-electron chi connectivity index (χ1n) is 3.00. The fourth-order valence-corrected chi connectivity index (χ4v) is 0.834. The van der Waals surface area contributed by atoms with Gasteiger partial charge in [0.15, 0.2) is 0 Å². The highest BCUT2D eigenvalue weighted by molar-refractivity contribution is 5.28. The lowest BCUT2D eigenvalue weighted by atomic mass is 10.1. The van der Waals surface area contributed by atoms with E-state index in [0.29, 0.717) is 17.8 Å². The van der Waals surface area contributed by atoms with Crippen LogP contribution in [0.25, 0.3) is 0 Å². The van der Waals surface area contributed by atoms with Gasteiger partial charge in [-0.25, -0.2) is 0 Å². The Bertz CT molecular complexity index is 177. The minimum atomic E-state index is 0.221. The van der Waals surface area contributed by atoms with E-state index in [9.17, 15) is 0 Å². The molecule has 0 spiro atoms. The molecule has 2 heteroatoms. The van der Waals surface area contributed by atoms with Crippen LogP contribution in [-0.4, -0.2) is 10.2 Å². The smallest absolute Gasteiger partial charge is 0.117 e. The molecule has 1 aliphatic rings. The molecule has 0 aliphatic heterocycles. The maximum absolute atomic E-state index is 9.03. The van der Waals surface area contributed by atoms with Gasteiger partial charge in [0, 0.05) is 12.0 Å². The van der Waals surface area contributed by atoms with E-state index in [1.54, 1.807) is 13.0 Å². The Morgan fingerprint density at radius 2 is 2.11 bits per heavy atom. The second-order valence-corrected chi connectivity index (χ2v) is 2.20. The summed E-state index contributed by atoms with van der Waals surface area (Å²) in [5.74, 6) is 0.536. The molecule has 0 fully saturated rings. The van der Waals surface area contributed by atoms with Gasteiger partial charge in [-0.05, 0) is 19.4 Å². The van der Waals surface area contributed by atoms with Crippen molar-refractivity contribution < 1.29 is 10.2 Å². The van der Waals surface area contributed by atoms with Crippen LogP contribution in [0.4, 0.5) is 0 Å². The normalized spacial score (nSPS) is 19.9. The van der Waals surface area contributed by atoms with Crippen molar-refractivity contribution >= 4 is 0 Å². The lowest BCUT2D eigenvalue weighted by Crippen LogP contribution is -1.96. The molecular weight excluding hydrogens is 116 g/mol. The molecule has 0 bridgehead atoms. The minimum Gasteiger partial charge on any atom is -0.512 e. The first kappa shape index (κ1) is 6.20. The monoisotopic (exact) mass is 126 g/mol. The largest absolute Gasteiger partial charge is 0.512 e. The SMILES string of the molecule is CC1=C(O)CCC=C1O. The predicted octanol–water partition coefficient (Wildman–Crippen LogP) is 2.05. The summed E-state index contributed by atoms with van der Waals surface area (Å²) in [6, 6.07) is 0. The minimum absolute atomic E-state index is 0.221. The van der Waals surface area contributed by atoms with Crippen LogP contribution >= 0.6 is 0 Å². The van der Waals surface area contributed by atoms with Gasteiger partial charge < -0.3 is 10.2 Å². The number of aliphatic hydroxyl groups excluding tert-OH is 2. The summed E-state index contributed by atoms with van der Waals surface area (Å²) in [7, 11) is 0. The molecule has 2 nitrogen and oxygen atoms in total. The first-order valence-corrected chi connectivity index (χ1v) is 3.00. The van der Waals surface area contributed by atoms with E-state index in [1.807, 2.05) is 0 Å². The maximum atomic E-state index is 9.03. The van der Waals surface area contributed by atoms with Crippen molar-refractivity contribution in [2.24, 2.45) is 0 Å². The highest BCUT2D eigenvalue weighted by Crippen LogP contribution is 2.20. The van der Waals surface area contributed by atoms with E-state index in [-0.39, 0.29) is 5.76 Å². The number of aliphatic hydroxyl groups is 2. The lowest BCUT2D eigenvalue weighted by Gasteiger charge is -2.09. The van der Waals surface area contributed by atoms with E-state index in [2.05, 4.69) is 0 Å². The highest BCUT2D eigenvalue weighted by atomic mass is 16.3. The van der Waals surface area contributed by atoms with Gasteiger partial charge in [0.1, 0.15) is 5.76 Å². The average Bonchev–Trinajstić information content (AvgIpc) is 1.83. The zero-order valence-electron chi connectivity index (χ0n) is 5.39. The third-order valence-electron chi connectivity index (χ3n) is 1.54. The Labute approximate surface area is 54.1 Å². The van der Waals surface area contributed by atoms with Crippen LogP contribution in [0.3, 0.4) is 0 Å². The van der Waals surface area contributed by atoms with Crippen molar-refractivity contribution in [2.45, 2.75) is 19.8 Å². The van der Waals surface area contributed by atoms with Crippen molar-refractivity contribution in [1.82, 2.24) is 0 Å². The van der Waals surface area contributed by atoms with Crippen LogP contribution in [-0.2, 0) is 0 Å². The fourth-order valence-electron chi connectivity index (χ4n) is 0.834. The van der Waals surface area contributed by atoms with Gasteiger partial charge in [-0.2, -0.15) is 0 Å². The molecule has 0 saturated heterocycles. The average molecular weight is 126 g/mol. The molecule has 0 aromatic heterocycles. The molecule has 0 aromatic carbocycles. The third kappa shape index (κ3) is 1.07. The molecule has 0 heterocycles. The van der Waals surface area contributed by atoms with Gasteiger partial charge in [-0.1, -0.05) is 0 Å². The molecule has 50 valence electrons. The van der Waals surface area contributed by atoms with Crippen molar-refractivity contribution in [2.75, 3.05) is 0 Å². The maximum Gasteiger partial charge on any atom is 0.117 e.